The highest BCUT2D eigenvalue weighted by molar-refractivity contribution is 4.91. The molecular weight excluding hydrogens is 140 g/mol. The molecule has 11 heavy (non-hydrogen) atoms. The third-order valence-corrected chi connectivity index (χ3v) is 2.81. The van der Waals surface area contributed by atoms with Crippen LogP contribution in [0.1, 0.15) is 32.6 Å². The molecule has 2 atom stereocenters. The van der Waals surface area contributed by atoms with Gasteiger partial charge >= 0.3 is 0 Å². The van der Waals surface area contributed by atoms with E-state index in [1.54, 1.807) is 7.11 Å². The first kappa shape index (κ1) is 9.01. The van der Waals surface area contributed by atoms with Gasteiger partial charge in [-0.2, -0.15) is 0 Å². The summed E-state index contributed by atoms with van der Waals surface area (Å²) in [4.78, 5) is 0. The van der Waals surface area contributed by atoms with Crippen molar-refractivity contribution in [3.8, 4) is 0 Å². The van der Waals surface area contributed by atoms with Crippen LogP contribution in [0.5, 0.6) is 0 Å². The van der Waals surface area contributed by atoms with Crippen LogP contribution >= 0.6 is 0 Å². The predicted octanol–water partition coefficient (Wildman–Crippen LogP) is 1.57. The Hall–Kier alpha value is -0.0800. The van der Waals surface area contributed by atoms with Crippen LogP contribution in [0.2, 0.25) is 0 Å². The average molecular weight is 158 g/mol. The van der Waals surface area contributed by atoms with Crippen LogP contribution in [0, 0.1) is 5.92 Å². The number of rotatable bonds is 3. The molecule has 0 heterocycles. The van der Waals surface area contributed by atoms with Gasteiger partial charge in [-0.05, 0) is 18.8 Å². The maximum absolute atomic E-state index is 10.0. The molecule has 0 saturated heterocycles. The van der Waals surface area contributed by atoms with Crippen LogP contribution in [-0.4, -0.2) is 24.4 Å². The van der Waals surface area contributed by atoms with Crippen molar-refractivity contribution in [1.82, 2.24) is 0 Å². The zero-order valence-corrected chi connectivity index (χ0v) is 7.47. The van der Waals surface area contributed by atoms with Gasteiger partial charge in [0.2, 0.25) is 0 Å². The fourth-order valence-corrected chi connectivity index (χ4v) is 2.15. The molecule has 1 aliphatic carbocycles. The fourth-order valence-electron chi connectivity index (χ4n) is 2.15. The number of methoxy groups -OCH3 is 1. The Kier molecular flexibility index (Phi) is 2.90. The van der Waals surface area contributed by atoms with E-state index in [9.17, 15) is 5.11 Å². The lowest BCUT2D eigenvalue weighted by atomic mass is 9.90. The first-order valence-electron chi connectivity index (χ1n) is 4.44. The molecule has 0 aromatic carbocycles. The highest BCUT2D eigenvalue weighted by atomic mass is 16.5. The van der Waals surface area contributed by atoms with Crippen LogP contribution in [0.3, 0.4) is 0 Å². The summed E-state index contributed by atoms with van der Waals surface area (Å²) in [5.41, 5.74) is -0.510. The molecule has 0 aromatic rings. The zero-order valence-electron chi connectivity index (χ0n) is 7.47. The van der Waals surface area contributed by atoms with E-state index < -0.39 is 5.60 Å². The molecule has 0 aromatic heterocycles. The molecule has 0 radical (unpaired) electrons. The maximum Gasteiger partial charge on any atom is 0.0907 e. The molecule has 2 nitrogen and oxygen atoms in total. The molecule has 2 unspecified atom stereocenters. The largest absolute Gasteiger partial charge is 0.387 e. The molecule has 0 amide bonds. The van der Waals surface area contributed by atoms with Gasteiger partial charge in [0, 0.05) is 7.11 Å². The standard InChI is InChI=1S/C9H18O2/c1-3-8-5-4-6-9(8,10)7-11-2/h8,10H,3-7H2,1-2H3. The summed E-state index contributed by atoms with van der Waals surface area (Å²) in [7, 11) is 1.66. The second-order valence-electron chi connectivity index (χ2n) is 3.53. The van der Waals surface area contributed by atoms with Crippen molar-refractivity contribution in [3.63, 3.8) is 0 Å². The summed E-state index contributed by atoms with van der Waals surface area (Å²) in [6.45, 7) is 2.64. The van der Waals surface area contributed by atoms with E-state index in [-0.39, 0.29) is 0 Å². The highest BCUT2D eigenvalue weighted by Gasteiger charge is 2.39. The second kappa shape index (κ2) is 3.55. The lowest BCUT2D eigenvalue weighted by Crippen LogP contribution is -2.37. The van der Waals surface area contributed by atoms with Crippen molar-refractivity contribution in [3.05, 3.63) is 0 Å². The Morgan fingerprint density at radius 3 is 2.91 bits per heavy atom. The van der Waals surface area contributed by atoms with Gasteiger partial charge in [-0.25, -0.2) is 0 Å². The van der Waals surface area contributed by atoms with Crippen LogP contribution in [0.15, 0.2) is 0 Å². The molecular formula is C9H18O2. The molecule has 1 saturated carbocycles. The van der Waals surface area contributed by atoms with Crippen molar-refractivity contribution in [2.45, 2.75) is 38.2 Å². The smallest absolute Gasteiger partial charge is 0.0907 e. The Bertz CT molecular complexity index is 125. The van der Waals surface area contributed by atoms with Crippen molar-refractivity contribution < 1.29 is 9.84 Å². The van der Waals surface area contributed by atoms with Crippen molar-refractivity contribution >= 4 is 0 Å². The quantitative estimate of drug-likeness (QED) is 0.675. The minimum atomic E-state index is -0.510. The van der Waals surface area contributed by atoms with E-state index in [2.05, 4.69) is 6.92 Å². The lowest BCUT2D eigenvalue weighted by Gasteiger charge is -2.28. The van der Waals surface area contributed by atoms with Crippen molar-refractivity contribution in [2.75, 3.05) is 13.7 Å². The van der Waals surface area contributed by atoms with Crippen LogP contribution in [0.4, 0.5) is 0 Å². The highest BCUT2D eigenvalue weighted by Crippen LogP contribution is 2.37. The van der Waals surface area contributed by atoms with Crippen LogP contribution in [0.25, 0.3) is 0 Å². The molecule has 66 valence electrons. The Morgan fingerprint density at radius 1 is 1.64 bits per heavy atom. The van der Waals surface area contributed by atoms with E-state index in [1.165, 1.54) is 0 Å². The Labute approximate surface area is 68.6 Å². The average Bonchev–Trinajstić information content (AvgIpc) is 2.31. The predicted molar refractivity (Wildman–Crippen MR) is 44.5 cm³/mol. The number of ether oxygens (including phenoxy) is 1. The van der Waals surface area contributed by atoms with Gasteiger partial charge in [0.1, 0.15) is 0 Å². The Balaban J connectivity index is 2.51. The third-order valence-electron chi connectivity index (χ3n) is 2.81. The zero-order chi connectivity index (χ0) is 8.32. The summed E-state index contributed by atoms with van der Waals surface area (Å²) >= 11 is 0. The van der Waals surface area contributed by atoms with E-state index in [1.807, 2.05) is 0 Å². The molecule has 1 rings (SSSR count). The number of aliphatic hydroxyl groups is 1. The molecule has 1 aliphatic rings. The van der Waals surface area contributed by atoms with Gasteiger partial charge in [0.05, 0.1) is 12.2 Å². The molecule has 0 bridgehead atoms. The summed E-state index contributed by atoms with van der Waals surface area (Å²) in [5.74, 6) is 0.461. The number of hydrogen-bond donors (Lipinski definition) is 1. The first-order valence-corrected chi connectivity index (χ1v) is 4.44. The van der Waals surface area contributed by atoms with Gasteiger partial charge in [0.15, 0.2) is 0 Å². The fraction of sp³-hybridized carbons (Fsp3) is 1.00. The van der Waals surface area contributed by atoms with Gasteiger partial charge in [-0.1, -0.05) is 19.8 Å². The van der Waals surface area contributed by atoms with Crippen molar-refractivity contribution in [2.24, 2.45) is 5.92 Å². The Morgan fingerprint density at radius 2 is 2.36 bits per heavy atom. The van der Waals surface area contributed by atoms with Gasteiger partial charge < -0.3 is 9.84 Å². The monoisotopic (exact) mass is 158 g/mol. The summed E-state index contributed by atoms with van der Waals surface area (Å²) < 4.78 is 5.01. The topological polar surface area (TPSA) is 29.5 Å². The van der Waals surface area contributed by atoms with Crippen LogP contribution in [-0.2, 0) is 4.74 Å². The third kappa shape index (κ3) is 1.74. The van der Waals surface area contributed by atoms with Gasteiger partial charge in [0.25, 0.3) is 0 Å². The SMILES string of the molecule is CCC1CCCC1(O)COC. The van der Waals surface area contributed by atoms with E-state index in [0.29, 0.717) is 12.5 Å². The molecule has 2 heteroatoms. The van der Waals surface area contributed by atoms with Crippen molar-refractivity contribution in [1.29, 1.82) is 0 Å². The second-order valence-corrected chi connectivity index (χ2v) is 3.53. The van der Waals surface area contributed by atoms with E-state index in [0.717, 1.165) is 25.7 Å². The lowest BCUT2D eigenvalue weighted by molar-refractivity contribution is -0.0589. The first-order chi connectivity index (χ1) is 5.23. The summed E-state index contributed by atoms with van der Waals surface area (Å²) in [5, 5.41) is 10.0. The molecule has 0 spiro atoms. The minimum Gasteiger partial charge on any atom is -0.387 e. The number of hydrogen-bond acceptors (Lipinski definition) is 2. The van der Waals surface area contributed by atoms with E-state index >= 15 is 0 Å². The van der Waals surface area contributed by atoms with E-state index in [4.69, 9.17) is 4.74 Å². The summed E-state index contributed by atoms with van der Waals surface area (Å²) in [6.07, 6.45) is 4.30. The molecule has 1 fully saturated rings. The summed E-state index contributed by atoms with van der Waals surface area (Å²) in [6, 6.07) is 0. The van der Waals surface area contributed by atoms with Gasteiger partial charge in [-0.3, -0.25) is 0 Å². The maximum atomic E-state index is 10.0. The normalized spacial score (nSPS) is 37.9. The molecule has 1 N–H and O–H groups in total. The minimum absolute atomic E-state index is 0.461. The van der Waals surface area contributed by atoms with Crippen LogP contribution < -0.4 is 0 Å². The molecule has 0 aliphatic heterocycles. The van der Waals surface area contributed by atoms with Gasteiger partial charge in [-0.15, -0.1) is 0 Å².